The number of methoxy groups -OCH3 is 1. The summed E-state index contributed by atoms with van der Waals surface area (Å²) in [5, 5.41) is 0. The summed E-state index contributed by atoms with van der Waals surface area (Å²) >= 11 is 8.15. The van der Waals surface area contributed by atoms with Gasteiger partial charge in [-0.2, -0.15) is 9.30 Å². The number of halogens is 1. The summed E-state index contributed by atoms with van der Waals surface area (Å²) in [6.07, 6.45) is 1.04. The maximum absolute atomic E-state index is 13.2. The van der Waals surface area contributed by atoms with E-state index in [1.807, 2.05) is 0 Å². The van der Waals surface area contributed by atoms with Gasteiger partial charge in [-0.25, -0.2) is 8.42 Å². The Balaban J connectivity index is 1.48. The van der Waals surface area contributed by atoms with Crippen LogP contribution in [0.15, 0.2) is 33.5 Å². The largest absolute Gasteiger partial charge is 0.486 e. The van der Waals surface area contributed by atoms with Crippen molar-refractivity contribution >= 4 is 66.4 Å². The molecule has 0 saturated carbocycles. The van der Waals surface area contributed by atoms with Crippen molar-refractivity contribution in [1.29, 1.82) is 0 Å². The number of sulfonamides is 1. The number of fused-ring (bicyclic) bond motifs is 2. The zero-order valence-corrected chi connectivity index (χ0v) is 22.3. The first-order valence-corrected chi connectivity index (χ1v) is 14.5. The minimum absolute atomic E-state index is 0.0259. The molecule has 1 saturated heterocycles. The van der Waals surface area contributed by atoms with Crippen LogP contribution in [0, 0.1) is 5.92 Å². The van der Waals surface area contributed by atoms with Crippen LogP contribution < -0.4 is 14.3 Å². The molecule has 4 heterocycles. The van der Waals surface area contributed by atoms with Gasteiger partial charge in [0.2, 0.25) is 0 Å². The van der Waals surface area contributed by atoms with Gasteiger partial charge < -0.3 is 18.8 Å². The van der Waals surface area contributed by atoms with E-state index >= 15 is 0 Å². The molecule has 2 aliphatic heterocycles. The third-order valence-electron chi connectivity index (χ3n) is 5.94. The summed E-state index contributed by atoms with van der Waals surface area (Å²) in [4.78, 5) is 30.0. The number of hydrogen-bond donors (Lipinski definition) is 0. The summed E-state index contributed by atoms with van der Waals surface area (Å²) in [5.74, 6) is -0.421. The minimum atomic E-state index is -3.76. The van der Waals surface area contributed by atoms with Crippen molar-refractivity contribution in [2.45, 2.75) is 23.6 Å². The van der Waals surface area contributed by atoms with Crippen molar-refractivity contribution < 1.29 is 32.2 Å². The van der Waals surface area contributed by atoms with Crippen molar-refractivity contribution in [2.24, 2.45) is 10.9 Å². The van der Waals surface area contributed by atoms with Crippen LogP contribution in [0.2, 0.25) is 4.34 Å². The van der Waals surface area contributed by atoms with Gasteiger partial charge in [-0.3, -0.25) is 9.59 Å². The number of nitrogens with zero attached hydrogens (tertiary/aromatic N) is 3. The summed E-state index contributed by atoms with van der Waals surface area (Å²) in [5.41, 5.74) is 0.656. The van der Waals surface area contributed by atoms with E-state index in [0.717, 1.165) is 16.0 Å². The van der Waals surface area contributed by atoms with Crippen LogP contribution >= 0.6 is 34.3 Å². The number of aromatic nitrogens is 1. The number of benzene rings is 1. The van der Waals surface area contributed by atoms with Crippen LogP contribution in [0.4, 0.5) is 0 Å². The second-order valence-electron chi connectivity index (χ2n) is 8.22. The van der Waals surface area contributed by atoms with Crippen molar-refractivity contribution in [1.82, 2.24) is 8.87 Å². The van der Waals surface area contributed by atoms with E-state index in [1.54, 1.807) is 16.7 Å². The fraction of sp³-hybridized carbons (Fsp3) is 0.409. The summed E-state index contributed by atoms with van der Waals surface area (Å²) < 4.78 is 46.4. The standard InChI is InChI=1S/C22H22ClN3O7S3/c1-31-19(27)12-26-14-9-15-16(33-8-7-32-15)10-17(14)34-22(26)24-21(28)13-3-2-6-25(11-13)36(29,30)20-5-4-18(23)35-20/h4-5,9-10,13H,2-3,6-8,11-12H2,1H3. The fourth-order valence-corrected chi connectivity index (χ4v) is 8.36. The van der Waals surface area contributed by atoms with Gasteiger partial charge in [0.05, 0.1) is 27.6 Å². The van der Waals surface area contributed by atoms with Gasteiger partial charge >= 0.3 is 5.97 Å². The molecule has 0 N–H and O–H groups in total. The number of amides is 1. The summed E-state index contributed by atoms with van der Waals surface area (Å²) in [6, 6.07) is 6.56. The first-order chi connectivity index (χ1) is 17.3. The number of thiophene rings is 1. The lowest BCUT2D eigenvalue weighted by atomic mass is 9.99. The number of carbonyl (C=O) groups excluding carboxylic acids is 2. The molecule has 0 spiro atoms. The minimum Gasteiger partial charge on any atom is -0.486 e. The molecule has 0 bridgehead atoms. The van der Waals surface area contributed by atoms with Gasteiger partial charge in [0.15, 0.2) is 16.3 Å². The smallest absolute Gasteiger partial charge is 0.325 e. The zero-order valence-electron chi connectivity index (χ0n) is 19.1. The number of piperidine rings is 1. The van der Waals surface area contributed by atoms with Crippen LogP contribution in [-0.4, -0.2) is 62.6 Å². The van der Waals surface area contributed by atoms with E-state index < -0.39 is 27.8 Å². The third kappa shape index (κ3) is 4.90. The highest BCUT2D eigenvalue weighted by atomic mass is 35.5. The number of ether oxygens (including phenoxy) is 3. The number of thiazole rings is 1. The lowest BCUT2D eigenvalue weighted by Gasteiger charge is -2.29. The first-order valence-electron chi connectivity index (χ1n) is 11.1. The Morgan fingerprint density at radius 1 is 1.19 bits per heavy atom. The Bertz CT molecular complexity index is 1510. The quantitative estimate of drug-likeness (QED) is 0.432. The Hall–Kier alpha value is -2.45. The SMILES string of the molecule is COC(=O)Cn1c(=NC(=O)C2CCCN(S(=O)(=O)c3ccc(Cl)s3)C2)sc2cc3c(cc21)OCCO3. The summed E-state index contributed by atoms with van der Waals surface area (Å²) in [6.45, 7) is 1.04. The topological polar surface area (TPSA) is 116 Å². The Kier molecular flexibility index (Phi) is 7.10. The predicted octanol–water partition coefficient (Wildman–Crippen LogP) is 2.89. The van der Waals surface area contributed by atoms with Crippen molar-refractivity contribution in [3.63, 3.8) is 0 Å². The molecule has 5 rings (SSSR count). The summed E-state index contributed by atoms with van der Waals surface area (Å²) in [7, 11) is -2.47. The molecule has 14 heteroatoms. The lowest BCUT2D eigenvalue weighted by molar-refractivity contribution is -0.141. The van der Waals surface area contributed by atoms with E-state index in [0.29, 0.717) is 58.8 Å². The normalized spacial score (nSPS) is 18.9. The maximum atomic E-state index is 13.2. The van der Waals surface area contributed by atoms with Crippen LogP contribution in [0.3, 0.4) is 0 Å². The van der Waals surface area contributed by atoms with Crippen LogP contribution in [-0.2, 0) is 30.9 Å². The molecule has 36 heavy (non-hydrogen) atoms. The van der Waals surface area contributed by atoms with Crippen molar-refractivity contribution in [3.05, 3.63) is 33.4 Å². The van der Waals surface area contributed by atoms with Crippen LogP contribution in [0.1, 0.15) is 12.8 Å². The van der Waals surface area contributed by atoms with E-state index in [1.165, 1.54) is 34.9 Å². The molecule has 1 amide bonds. The molecule has 1 atom stereocenters. The lowest BCUT2D eigenvalue weighted by Crippen LogP contribution is -2.42. The Morgan fingerprint density at radius 2 is 1.94 bits per heavy atom. The molecule has 2 aromatic heterocycles. The number of rotatable bonds is 5. The van der Waals surface area contributed by atoms with Crippen LogP contribution in [0.5, 0.6) is 11.5 Å². The highest BCUT2D eigenvalue weighted by molar-refractivity contribution is 7.91. The molecular weight excluding hydrogens is 550 g/mol. The van der Waals surface area contributed by atoms with Gasteiger partial charge in [-0.15, -0.1) is 11.3 Å². The monoisotopic (exact) mass is 571 g/mol. The first kappa shape index (κ1) is 25.2. The maximum Gasteiger partial charge on any atom is 0.325 e. The second-order valence-corrected chi connectivity index (χ2v) is 13.1. The number of hydrogen-bond acceptors (Lipinski definition) is 9. The van der Waals surface area contributed by atoms with E-state index in [2.05, 4.69) is 4.99 Å². The predicted molar refractivity (Wildman–Crippen MR) is 134 cm³/mol. The molecular formula is C22H22ClN3O7S3. The van der Waals surface area contributed by atoms with E-state index in [-0.39, 0.29) is 17.3 Å². The Labute approximate surface area is 219 Å². The average molecular weight is 572 g/mol. The second kappa shape index (κ2) is 10.1. The number of carbonyl (C=O) groups is 2. The van der Waals surface area contributed by atoms with Gasteiger partial charge in [0.25, 0.3) is 15.9 Å². The molecule has 0 aliphatic carbocycles. The molecule has 3 aromatic rings. The Morgan fingerprint density at radius 3 is 2.64 bits per heavy atom. The van der Waals surface area contributed by atoms with Gasteiger partial charge in [-0.1, -0.05) is 22.9 Å². The number of esters is 1. The van der Waals surface area contributed by atoms with Gasteiger partial charge in [0, 0.05) is 25.2 Å². The molecule has 10 nitrogen and oxygen atoms in total. The van der Waals surface area contributed by atoms with E-state index in [4.69, 9.17) is 25.8 Å². The zero-order chi connectivity index (χ0) is 25.4. The molecule has 1 aromatic carbocycles. The van der Waals surface area contributed by atoms with Crippen LogP contribution in [0.25, 0.3) is 10.2 Å². The molecule has 1 fully saturated rings. The average Bonchev–Trinajstić information content (AvgIpc) is 3.46. The molecule has 2 aliphatic rings. The third-order valence-corrected chi connectivity index (χ3v) is 10.5. The molecule has 1 unspecified atom stereocenters. The fourth-order valence-electron chi connectivity index (χ4n) is 4.15. The van der Waals surface area contributed by atoms with E-state index in [9.17, 15) is 18.0 Å². The van der Waals surface area contributed by atoms with Crippen molar-refractivity contribution in [2.75, 3.05) is 33.4 Å². The van der Waals surface area contributed by atoms with Gasteiger partial charge in [0.1, 0.15) is 24.0 Å². The highest BCUT2D eigenvalue weighted by Gasteiger charge is 2.34. The van der Waals surface area contributed by atoms with Crippen molar-refractivity contribution in [3.8, 4) is 11.5 Å². The molecule has 0 radical (unpaired) electrons. The highest BCUT2D eigenvalue weighted by Crippen LogP contribution is 2.36. The molecule has 192 valence electrons. The van der Waals surface area contributed by atoms with Gasteiger partial charge in [-0.05, 0) is 25.0 Å².